The molecule has 0 aromatic heterocycles. The van der Waals surface area contributed by atoms with Gasteiger partial charge in [0.25, 0.3) is 5.91 Å². The van der Waals surface area contributed by atoms with Crippen LogP contribution in [-0.4, -0.2) is 17.4 Å². The summed E-state index contributed by atoms with van der Waals surface area (Å²) in [6, 6.07) is 12.7. The standard InChI is InChI=1S/C19H14F2N2O/c20-13-8-14-16(10-22)23(18(24)17(14)15(21)9-13)11-19(6-7-19)12-4-2-1-3-5-12/h1-5,8-9,16H,6-7,11H2. The molecular formula is C19H14F2N2O. The summed E-state index contributed by atoms with van der Waals surface area (Å²) in [5.74, 6) is -2.20. The highest BCUT2D eigenvalue weighted by Gasteiger charge is 2.50. The first-order valence-electron chi connectivity index (χ1n) is 7.81. The van der Waals surface area contributed by atoms with E-state index in [2.05, 4.69) is 0 Å². The van der Waals surface area contributed by atoms with E-state index in [0.29, 0.717) is 12.6 Å². The van der Waals surface area contributed by atoms with Crippen LogP contribution in [0.5, 0.6) is 0 Å². The van der Waals surface area contributed by atoms with Crippen molar-refractivity contribution in [3.05, 3.63) is 70.8 Å². The summed E-state index contributed by atoms with van der Waals surface area (Å²) in [4.78, 5) is 14.0. The molecule has 3 nitrogen and oxygen atoms in total. The van der Waals surface area contributed by atoms with Crippen molar-refractivity contribution < 1.29 is 13.6 Å². The lowest BCUT2D eigenvalue weighted by Crippen LogP contribution is -2.35. The van der Waals surface area contributed by atoms with Gasteiger partial charge in [0.05, 0.1) is 11.6 Å². The minimum Gasteiger partial charge on any atom is -0.318 e. The van der Waals surface area contributed by atoms with Gasteiger partial charge in [0.1, 0.15) is 17.7 Å². The van der Waals surface area contributed by atoms with Crippen molar-refractivity contribution >= 4 is 5.91 Å². The van der Waals surface area contributed by atoms with Gasteiger partial charge in [-0.1, -0.05) is 30.3 Å². The molecule has 1 fully saturated rings. The van der Waals surface area contributed by atoms with E-state index in [1.807, 2.05) is 36.4 Å². The Bertz CT molecular complexity index is 869. The molecule has 1 atom stereocenters. The van der Waals surface area contributed by atoms with Gasteiger partial charge in [-0.25, -0.2) is 8.78 Å². The predicted molar refractivity (Wildman–Crippen MR) is 83.1 cm³/mol. The molecule has 1 heterocycles. The van der Waals surface area contributed by atoms with E-state index < -0.39 is 23.6 Å². The van der Waals surface area contributed by atoms with Crippen LogP contribution >= 0.6 is 0 Å². The summed E-state index contributed by atoms with van der Waals surface area (Å²) in [7, 11) is 0. The molecule has 1 aliphatic heterocycles. The number of nitrogens with zero attached hydrogens (tertiary/aromatic N) is 2. The highest BCUT2D eigenvalue weighted by Crippen LogP contribution is 2.50. The number of carbonyl (C=O) groups excluding carboxylic acids is 1. The number of benzene rings is 2. The second kappa shape index (κ2) is 5.13. The molecule has 2 aliphatic rings. The Morgan fingerprint density at radius 1 is 1.21 bits per heavy atom. The number of rotatable bonds is 3. The highest BCUT2D eigenvalue weighted by atomic mass is 19.1. The third-order valence-corrected chi connectivity index (χ3v) is 5.00. The van der Waals surface area contributed by atoms with Crippen LogP contribution in [0.25, 0.3) is 0 Å². The van der Waals surface area contributed by atoms with Gasteiger partial charge in [-0.05, 0) is 24.5 Å². The maximum absolute atomic E-state index is 14.1. The largest absolute Gasteiger partial charge is 0.318 e. The van der Waals surface area contributed by atoms with Crippen molar-refractivity contribution in [2.24, 2.45) is 0 Å². The summed E-state index contributed by atoms with van der Waals surface area (Å²) in [5.41, 5.74) is 0.871. The second-order valence-electron chi connectivity index (χ2n) is 6.46. The number of fused-ring (bicyclic) bond motifs is 1. The molecule has 24 heavy (non-hydrogen) atoms. The van der Waals surface area contributed by atoms with Gasteiger partial charge in [0.2, 0.25) is 0 Å². The van der Waals surface area contributed by atoms with Crippen molar-refractivity contribution in [1.29, 1.82) is 5.26 Å². The average Bonchev–Trinajstić information content (AvgIpc) is 3.30. The van der Waals surface area contributed by atoms with Crippen LogP contribution in [0.15, 0.2) is 42.5 Å². The SMILES string of the molecule is N#CC1c2cc(F)cc(F)c2C(=O)N1CC1(c2ccccc2)CC1. The number of carbonyl (C=O) groups is 1. The maximum Gasteiger partial charge on any atom is 0.258 e. The molecule has 1 aliphatic carbocycles. The highest BCUT2D eigenvalue weighted by molar-refractivity contribution is 6.00. The van der Waals surface area contributed by atoms with Crippen molar-refractivity contribution in [1.82, 2.24) is 4.90 Å². The van der Waals surface area contributed by atoms with Crippen LogP contribution in [0.3, 0.4) is 0 Å². The van der Waals surface area contributed by atoms with E-state index in [0.717, 1.165) is 24.5 Å². The van der Waals surface area contributed by atoms with Gasteiger partial charge in [0, 0.05) is 23.6 Å². The minimum atomic E-state index is -0.945. The van der Waals surface area contributed by atoms with Crippen molar-refractivity contribution in [2.45, 2.75) is 24.3 Å². The second-order valence-corrected chi connectivity index (χ2v) is 6.46. The molecule has 5 heteroatoms. The lowest BCUT2D eigenvalue weighted by atomic mass is 9.95. The summed E-state index contributed by atoms with van der Waals surface area (Å²) in [6.45, 7) is 0.337. The number of halogens is 2. The molecule has 2 aromatic carbocycles. The Morgan fingerprint density at radius 3 is 2.54 bits per heavy atom. The van der Waals surface area contributed by atoms with Crippen LogP contribution in [0.2, 0.25) is 0 Å². The number of hydrogen-bond acceptors (Lipinski definition) is 2. The monoisotopic (exact) mass is 324 g/mol. The quantitative estimate of drug-likeness (QED) is 0.864. The van der Waals surface area contributed by atoms with Crippen molar-refractivity contribution in [3.8, 4) is 6.07 Å². The van der Waals surface area contributed by atoms with E-state index in [-0.39, 0.29) is 16.5 Å². The van der Waals surface area contributed by atoms with Crippen LogP contribution in [0.4, 0.5) is 8.78 Å². The van der Waals surface area contributed by atoms with E-state index in [4.69, 9.17) is 0 Å². The Labute approximate surface area is 138 Å². The molecule has 1 saturated carbocycles. The van der Waals surface area contributed by atoms with E-state index in [1.165, 1.54) is 4.90 Å². The summed E-state index contributed by atoms with van der Waals surface area (Å²) in [5, 5.41) is 9.48. The van der Waals surface area contributed by atoms with Crippen molar-refractivity contribution in [3.63, 3.8) is 0 Å². The van der Waals surface area contributed by atoms with E-state index in [9.17, 15) is 18.8 Å². The number of amides is 1. The molecule has 120 valence electrons. The minimum absolute atomic E-state index is 0.129. The molecule has 2 aromatic rings. The van der Waals surface area contributed by atoms with Crippen molar-refractivity contribution in [2.75, 3.05) is 6.54 Å². The van der Waals surface area contributed by atoms with Crippen LogP contribution < -0.4 is 0 Å². The van der Waals surface area contributed by atoms with Crippen LogP contribution in [0, 0.1) is 23.0 Å². The Balaban J connectivity index is 1.72. The lowest BCUT2D eigenvalue weighted by Gasteiger charge is -2.26. The van der Waals surface area contributed by atoms with Crippen LogP contribution in [0.1, 0.15) is 40.4 Å². The van der Waals surface area contributed by atoms with Gasteiger partial charge in [-0.2, -0.15) is 5.26 Å². The molecule has 1 amide bonds. The summed E-state index contributed by atoms with van der Waals surface area (Å²) < 4.78 is 27.6. The maximum atomic E-state index is 14.1. The van der Waals surface area contributed by atoms with Gasteiger partial charge < -0.3 is 4.90 Å². The zero-order valence-electron chi connectivity index (χ0n) is 12.8. The number of hydrogen-bond donors (Lipinski definition) is 0. The Kier molecular flexibility index (Phi) is 3.17. The van der Waals surface area contributed by atoms with E-state index in [1.54, 1.807) is 0 Å². The normalized spacial score (nSPS) is 20.6. The summed E-state index contributed by atoms with van der Waals surface area (Å²) >= 11 is 0. The molecule has 0 bridgehead atoms. The molecule has 0 saturated heterocycles. The molecule has 4 rings (SSSR count). The van der Waals surface area contributed by atoms with Crippen LogP contribution in [-0.2, 0) is 5.41 Å². The smallest absolute Gasteiger partial charge is 0.258 e. The number of nitriles is 1. The first-order chi connectivity index (χ1) is 11.6. The third kappa shape index (κ3) is 2.10. The molecule has 1 unspecified atom stereocenters. The molecule has 0 N–H and O–H groups in total. The van der Waals surface area contributed by atoms with Gasteiger partial charge >= 0.3 is 0 Å². The topological polar surface area (TPSA) is 44.1 Å². The van der Waals surface area contributed by atoms with E-state index >= 15 is 0 Å². The first kappa shape index (κ1) is 14.8. The fraction of sp³-hybridized carbons (Fsp3) is 0.263. The predicted octanol–water partition coefficient (Wildman–Crippen LogP) is 3.72. The molecule has 0 spiro atoms. The third-order valence-electron chi connectivity index (χ3n) is 5.00. The summed E-state index contributed by atoms with van der Waals surface area (Å²) in [6.07, 6.45) is 1.82. The Hall–Kier alpha value is -2.74. The van der Waals surface area contributed by atoms with Gasteiger partial charge in [0.15, 0.2) is 0 Å². The lowest BCUT2D eigenvalue weighted by molar-refractivity contribution is 0.0736. The Morgan fingerprint density at radius 2 is 1.92 bits per heavy atom. The average molecular weight is 324 g/mol. The molecular weight excluding hydrogens is 310 g/mol. The first-order valence-corrected chi connectivity index (χ1v) is 7.81. The fourth-order valence-electron chi connectivity index (χ4n) is 3.57. The zero-order chi connectivity index (χ0) is 16.9. The zero-order valence-corrected chi connectivity index (χ0v) is 12.8. The molecule has 0 radical (unpaired) electrons. The van der Waals surface area contributed by atoms with Gasteiger partial charge in [-0.3, -0.25) is 4.79 Å². The van der Waals surface area contributed by atoms with Gasteiger partial charge in [-0.15, -0.1) is 0 Å². The fourth-order valence-corrected chi connectivity index (χ4v) is 3.57.